The van der Waals surface area contributed by atoms with Crippen LogP contribution in [0.5, 0.6) is 0 Å². The zero-order valence-electron chi connectivity index (χ0n) is 20.9. The molecule has 1 aromatic carbocycles. The first-order valence-corrected chi connectivity index (χ1v) is 12.9. The molecule has 3 aliphatic rings. The van der Waals surface area contributed by atoms with E-state index in [2.05, 4.69) is 10.6 Å². The van der Waals surface area contributed by atoms with Crippen LogP contribution in [0.1, 0.15) is 52.0 Å². The van der Waals surface area contributed by atoms with E-state index >= 15 is 0 Å². The summed E-state index contributed by atoms with van der Waals surface area (Å²) >= 11 is 6.39. The van der Waals surface area contributed by atoms with Crippen LogP contribution in [-0.4, -0.2) is 64.7 Å². The second kappa shape index (κ2) is 9.71. The number of carbonyl (C=O) groups excluding carboxylic acids is 3. The zero-order valence-corrected chi connectivity index (χ0v) is 21.7. The Balaban J connectivity index is 1.74. The van der Waals surface area contributed by atoms with Gasteiger partial charge in [0.15, 0.2) is 0 Å². The summed E-state index contributed by atoms with van der Waals surface area (Å²) in [4.78, 5) is 42.7. The van der Waals surface area contributed by atoms with Gasteiger partial charge in [-0.25, -0.2) is 0 Å². The molecule has 1 aromatic rings. The monoisotopic (exact) mass is 505 g/mol. The second-order valence-corrected chi connectivity index (χ2v) is 10.8. The number of hydrogen-bond acceptors (Lipinski definition) is 5. The number of nitrogens with zero attached hydrogens (tertiary/aromatic N) is 1. The van der Waals surface area contributed by atoms with Crippen molar-refractivity contribution in [1.29, 1.82) is 0 Å². The summed E-state index contributed by atoms with van der Waals surface area (Å²) in [6.45, 7) is 8.58. The van der Waals surface area contributed by atoms with Crippen molar-refractivity contribution in [3.05, 3.63) is 28.8 Å². The van der Waals surface area contributed by atoms with Crippen molar-refractivity contribution in [3.63, 3.8) is 0 Å². The summed E-state index contributed by atoms with van der Waals surface area (Å²) in [5, 5.41) is 15.6. The van der Waals surface area contributed by atoms with Gasteiger partial charge < -0.3 is 25.4 Å². The minimum Gasteiger partial charge on any atom is -0.396 e. The van der Waals surface area contributed by atoms with Crippen molar-refractivity contribution in [2.24, 2.45) is 17.8 Å². The lowest BCUT2D eigenvalue weighted by atomic mass is 9.62. The van der Waals surface area contributed by atoms with Gasteiger partial charge in [-0.1, -0.05) is 37.6 Å². The Morgan fingerprint density at radius 3 is 2.69 bits per heavy atom. The van der Waals surface area contributed by atoms with Gasteiger partial charge in [-0.05, 0) is 57.1 Å². The zero-order chi connectivity index (χ0) is 25.5. The van der Waals surface area contributed by atoms with Gasteiger partial charge in [0.05, 0.1) is 28.1 Å². The quantitative estimate of drug-likeness (QED) is 0.447. The number of aliphatic hydroxyl groups excluding tert-OH is 1. The lowest BCUT2D eigenvalue weighted by Gasteiger charge is -2.36. The number of fused-ring (bicyclic) bond motifs is 1. The van der Waals surface area contributed by atoms with Gasteiger partial charge >= 0.3 is 0 Å². The minimum atomic E-state index is -1.10. The summed E-state index contributed by atoms with van der Waals surface area (Å²) in [5.41, 5.74) is -0.623. The number of halogens is 1. The average Bonchev–Trinajstić information content (AvgIpc) is 3.32. The Morgan fingerprint density at radius 2 is 2.03 bits per heavy atom. The Hall–Kier alpha value is -2.16. The first-order valence-electron chi connectivity index (χ1n) is 12.6. The van der Waals surface area contributed by atoms with Crippen molar-refractivity contribution >= 4 is 35.0 Å². The summed E-state index contributed by atoms with van der Waals surface area (Å²) in [5.74, 6) is -2.22. The topological polar surface area (TPSA) is 108 Å². The van der Waals surface area contributed by atoms with Crippen molar-refractivity contribution in [1.82, 2.24) is 10.2 Å². The normalized spacial score (nSPS) is 33.2. The summed E-state index contributed by atoms with van der Waals surface area (Å²) < 4.78 is 6.67. The number of hydrogen-bond donors (Lipinski definition) is 3. The number of nitrogens with one attached hydrogen (secondary N) is 2. The summed E-state index contributed by atoms with van der Waals surface area (Å²) in [6.07, 6.45) is 2.34. The third kappa shape index (κ3) is 4.03. The number of unbranched alkanes of at least 4 members (excludes halogenated alkanes) is 1. The molecule has 3 saturated heterocycles. The van der Waals surface area contributed by atoms with Crippen LogP contribution in [0.2, 0.25) is 5.02 Å². The Labute approximate surface area is 211 Å². The van der Waals surface area contributed by atoms with Gasteiger partial charge in [0.2, 0.25) is 17.7 Å². The molecule has 1 spiro atoms. The number of amides is 3. The van der Waals surface area contributed by atoms with Gasteiger partial charge in [-0.15, -0.1) is 0 Å². The summed E-state index contributed by atoms with van der Waals surface area (Å²) in [7, 11) is 0. The molecule has 2 bridgehead atoms. The van der Waals surface area contributed by atoms with E-state index < -0.39 is 29.1 Å². The maximum atomic E-state index is 13.9. The smallest absolute Gasteiger partial charge is 0.250 e. The third-order valence-electron chi connectivity index (χ3n) is 8.17. The SMILES string of the molecule is CCCNC(=O)[C@H]1[C@H]2C(=O)N(CCCCO)C(C(=O)Nc3c(C)cccc3Cl)C23CC(C)[C@]1(C)O3. The molecule has 3 N–H and O–H groups in total. The molecule has 4 rings (SSSR count). The average molecular weight is 506 g/mol. The highest BCUT2D eigenvalue weighted by atomic mass is 35.5. The number of aliphatic hydroxyl groups is 1. The number of anilines is 1. The Kier molecular flexibility index (Phi) is 7.19. The predicted octanol–water partition coefficient (Wildman–Crippen LogP) is 2.90. The van der Waals surface area contributed by atoms with E-state index in [9.17, 15) is 19.5 Å². The van der Waals surface area contributed by atoms with Crippen molar-refractivity contribution in [2.75, 3.05) is 25.0 Å². The first kappa shape index (κ1) is 25.9. The summed E-state index contributed by atoms with van der Waals surface area (Å²) in [6, 6.07) is 4.48. The molecule has 3 fully saturated rings. The predicted molar refractivity (Wildman–Crippen MR) is 133 cm³/mol. The molecule has 0 radical (unpaired) electrons. The molecular weight excluding hydrogens is 470 g/mol. The lowest BCUT2D eigenvalue weighted by molar-refractivity contribution is -0.146. The second-order valence-electron chi connectivity index (χ2n) is 10.4. The maximum absolute atomic E-state index is 13.9. The van der Waals surface area contributed by atoms with Gasteiger partial charge in [0, 0.05) is 19.7 Å². The molecule has 0 aromatic heterocycles. The number of benzene rings is 1. The molecule has 0 aliphatic carbocycles. The fourth-order valence-electron chi connectivity index (χ4n) is 6.41. The van der Waals surface area contributed by atoms with Gasteiger partial charge in [-0.2, -0.15) is 0 Å². The van der Waals surface area contributed by atoms with Crippen LogP contribution in [0.3, 0.4) is 0 Å². The van der Waals surface area contributed by atoms with E-state index in [1.54, 1.807) is 11.0 Å². The van der Waals surface area contributed by atoms with E-state index in [-0.39, 0.29) is 30.2 Å². The van der Waals surface area contributed by atoms with E-state index in [1.165, 1.54) is 0 Å². The fraction of sp³-hybridized carbons (Fsp3) is 0.654. The van der Waals surface area contributed by atoms with Crippen LogP contribution >= 0.6 is 11.6 Å². The highest BCUT2D eigenvalue weighted by Crippen LogP contribution is 2.65. The van der Waals surface area contributed by atoms with Crippen LogP contribution in [0.4, 0.5) is 5.69 Å². The van der Waals surface area contributed by atoms with Crippen molar-refractivity contribution < 1.29 is 24.2 Å². The molecule has 9 heteroatoms. The highest BCUT2D eigenvalue weighted by molar-refractivity contribution is 6.34. The number of ether oxygens (including phenoxy) is 1. The number of likely N-dealkylation sites (tertiary alicyclic amines) is 1. The molecule has 6 atom stereocenters. The number of carbonyl (C=O) groups is 3. The fourth-order valence-corrected chi connectivity index (χ4v) is 6.68. The van der Waals surface area contributed by atoms with Crippen molar-refractivity contribution in [3.8, 4) is 0 Å². The molecule has 0 saturated carbocycles. The van der Waals surface area contributed by atoms with E-state index in [0.29, 0.717) is 43.1 Å². The van der Waals surface area contributed by atoms with Crippen LogP contribution < -0.4 is 10.6 Å². The van der Waals surface area contributed by atoms with Crippen molar-refractivity contribution in [2.45, 2.75) is 70.6 Å². The third-order valence-corrected chi connectivity index (χ3v) is 8.49. The number of rotatable bonds is 9. The highest BCUT2D eigenvalue weighted by Gasteiger charge is 2.79. The van der Waals surface area contributed by atoms with E-state index in [4.69, 9.17) is 16.3 Å². The molecule has 3 amide bonds. The standard InChI is InChI=1S/C26H36ClN3O5/c1-5-11-28-22(32)18-19-24(34)30(12-6-7-13-31)21(26(19)14-16(3)25(18,4)35-26)23(33)29-20-15(2)9-8-10-17(20)27/h8-10,16,18-19,21,31H,5-7,11-14H2,1-4H3,(H,28,32)(H,29,33)/t16?,18-,19+,21?,25+,26?/m1/s1. The Bertz CT molecular complexity index is 998. The van der Waals surface area contributed by atoms with E-state index in [0.717, 1.165) is 12.0 Å². The van der Waals surface area contributed by atoms with Crippen LogP contribution in [0.15, 0.2) is 18.2 Å². The largest absolute Gasteiger partial charge is 0.396 e. The van der Waals surface area contributed by atoms with Crippen LogP contribution in [0, 0.1) is 24.7 Å². The number of aryl methyl sites for hydroxylation is 1. The molecule has 8 nitrogen and oxygen atoms in total. The lowest BCUT2D eigenvalue weighted by Crippen LogP contribution is -2.54. The van der Waals surface area contributed by atoms with Crippen LogP contribution in [0.25, 0.3) is 0 Å². The van der Waals surface area contributed by atoms with Gasteiger partial charge in [0.1, 0.15) is 11.6 Å². The maximum Gasteiger partial charge on any atom is 0.250 e. The van der Waals surface area contributed by atoms with Crippen LogP contribution in [-0.2, 0) is 19.1 Å². The molecular formula is C26H36ClN3O5. The molecule has 3 aliphatic heterocycles. The first-order chi connectivity index (χ1) is 16.6. The van der Waals surface area contributed by atoms with Gasteiger partial charge in [0.25, 0.3) is 0 Å². The molecule has 3 unspecified atom stereocenters. The Morgan fingerprint density at radius 1 is 1.29 bits per heavy atom. The molecule has 3 heterocycles. The molecule has 192 valence electrons. The molecule has 35 heavy (non-hydrogen) atoms. The minimum absolute atomic E-state index is 0.0000626. The number of para-hydroxylation sites is 1. The van der Waals surface area contributed by atoms with Gasteiger partial charge in [-0.3, -0.25) is 14.4 Å². The van der Waals surface area contributed by atoms with E-state index in [1.807, 2.05) is 39.8 Å².